The summed E-state index contributed by atoms with van der Waals surface area (Å²) < 4.78 is 33.6. The maximum atomic E-state index is 13.4. The minimum absolute atomic E-state index is 0.116. The lowest BCUT2D eigenvalue weighted by atomic mass is 9.99. The molecule has 2 heterocycles. The van der Waals surface area contributed by atoms with Crippen LogP contribution in [0, 0.1) is 12.8 Å². The first kappa shape index (κ1) is 22.6. The lowest BCUT2D eigenvalue weighted by Crippen LogP contribution is -2.43. The zero-order chi connectivity index (χ0) is 22.9. The molecule has 8 nitrogen and oxygen atoms in total. The van der Waals surface area contributed by atoms with Gasteiger partial charge in [-0.15, -0.1) is 11.8 Å². The third-order valence-corrected chi connectivity index (χ3v) is 8.35. The molecule has 2 aromatic rings. The van der Waals surface area contributed by atoms with Gasteiger partial charge in [-0.3, -0.25) is 9.59 Å². The van der Waals surface area contributed by atoms with E-state index in [0.717, 1.165) is 4.90 Å². The number of hydrogen-bond acceptors (Lipinski definition) is 6. The van der Waals surface area contributed by atoms with Crippen LogP contribution in [0.5, 0.6) is 5.75 Å². The van der Waals surface area contributed by atoms with E-state index in [1.807, 2.05) is 30.5 Å². The predicted molar refractivity (Wildman–Crippen MR) is 124 cm³/mol. The predicted octanol–water partition coefficient (Wildman–Crippen LogP) is 3.09. The van der Waals surface area contributed by atoms with Crippen molar-refractivity contribution in [2.75, 3.05) is 36.6 Å². The molecule has 0 aromatic heterocycles. The first-order valence-electron chi connectivity index (χ1n) is 10.3. The largest absolute Gasteiger partial charge is 0.482 e. The van der Waals surface area contributed by atoms with Crippen molar-refractivity contribution < 1.29 is 22.7 Å². The zero-order valence-corrected chi connectivity index (χ0v) is 19.5. The normalized spacial score (nSPS) is 18.9. The van der Waals surface area contributed by atoms with Gasteiger partial charge < -0.3 is 15.4 Å². The van der Waals surface area contributed by atoms with E-state index in [4.69, 9.17) is 4.74 Å². The van der Waals surface area contributed by atoms with Crippen LogP contribution in [0.2, 0.25) is 0 Å². The van der Waals surface area contributed by atoms with Gasteiger partial charge in [-0.1, -0.05) is 6.07 Å². The number of piperidine rings is 1. The molecule has 2 amide bonds. The summed E-state index contributed by atoms with van der Waals surface area (Å²) in [6.07, 6.45) is 3.18. The monoisotopic (exact) mass is 475 g/mol. The van der Waals surface area contributed by atoms with Crippen LogP contribution in [0.25, 0.3) is 0 Å². The second kappa shape index (κ2) is 9.13. The Morgan fingerprint density at radius 3 is 2.88 bits per heavy atom. The lowest BCUT2D eigenvalue weighted by molar-refractivity contribution is -0.121. The smallest absolute Gasteiger partial charge is 0.262 e. The number of rotatable bonds is 5. The summed E-state index contributed by atoms with van der Waals surface area (Å²) in [5.74, 6) is -0.574. The van der Waals surface area contributed by atoms with Crippen LogP contribution in [-0.4, -0.2) is 50.5 Å². The SMILES string of the molecule is CSc1cccc(NC(=O)C2CCCN(S(=O)(=O)c3cc4c(cc3C)NC(=O)CO4)C2)c1. The number of ether oxygens (including phenoxy) is 1. The minimum atomic E-state index is -3.83. The third kappa shape index (κ3) is 4.62. The van der Waals surface area contributed by atoms with Crippen molar-refractivity contribution in [2.24, 2.45) is 5.92 Å². The Hall–Kier alpha value is -2.56. The molecule has 32 heavy (non-hydrogen) atoms. The quantitative estimate of drug-likeness (QED) is 0.644. The summed E-state index contributed by atoms with van der Waals surface area (Å²) in [4.78, 5) is 25.6. The molecule has 0 radical (unpaired) electrons. The topological polar surface area (TPSA) is 105 Å². The number of anilines is 2. The maximum absolute atomic E-state index is 13.4. The molecule has 1 saturated heterocycles. The van der Waals surface area contributed by atoms with Gasteiger partial charge in [-0.05, 0) is 55.9 Å². The number of aryl methyl sites for hydroxylation is 1. The molecule has 4 rings (SSSR count). The summed E-state index contributed by atoms with van der Waals surface area (Å²) in [6, 6.07) is 10.6. The highest BCUT2D eigenvalue weighted by Gasteiger charge is 2.35. The Morgan fingerprint density at radius 1 is 1.28 bits per heavy atom. The minimum Gasteiger partial charge on any atom is -0.482 e. The van der Waals surface area contributed by atoms with Crippen molar-refractivity contribution in [1.29, 1.82) is 0 Å². The van der Waals surface area contributed by atoms with Gasteiger partial charge in [-0.25, -0.2) is 8.42 Å². The fraction of sp³-hybridized carbons (Fsp3) is 0.364. The molecule has 0 aliphatic carbocycles. The number of sulfonamides is 1. The second-order valence-electron chi connectivity index (χ2n) is 7.87. The number of nitrogens with one attached hydrogen (secondary N) is 2. The number of hydrogen-bond donors (Lipinski definition) is 2. The molecular formula is C22H25N3O5S2. The van der Waals surface area contributed by atoms with Gasteiger partial charge in [0.15, 0.2) is 6.61 Å². The first-order chi connectivity index (χ1) is 15.3. The number of carbonyl (C=O) groups is 2. The Morgan fingerprint density at radius 2 is 2.09 bits per heavy atom. The number of benzene rings is 2. The van der Waals surface area contributed by atoms with Crippen LogP contribution in [0.1, 0.15) is 18.4 Å². The number of carbonyl (C=O) groups excluding carboxylic acids is 2. The molecule has 0 bridgehead atoms. The lowest BCUT2D eigenvalue weighted by Gasteiger charge is -2.32. The van der Waals surface area contributed by atoms with Crippen LogP contribution in [-0.2, 0) is 19.6 Å². The van der Waals surface area contributed by atoms with Gasteiger partial charge in [0, 0.05) is 29.7 Å². The number of fused-ring (bicyclic) bond motifs is 1. The summed E-state index contributed by atoms with van der Waals surface area (Å²) in [5.41, 5.74) is 1.67. The highest BCUT2D eigenvalue weighted by molar-refractivity contribution is 7.98. The number of amides is 2. The molecule has 2 N–H and O–H groups in total. The Labute approximate surface area is 191 Å². The second-order valence-corrected chi connectivity index (χ2v) is 10.7. The van der Waals surface area contributed by atoms with Crippen LogP contribution in [0.3, 0.4) is 0 Å². The summed E-state index contributed by atoms with van der Waals surface area (Å²) in [7, 11) is -3.83. The molecule has 0 saturated carbocycles. The summed E-state index contributed by atoms with van der Waals surface area (Å²) in [5, 5.41) is 5.61. The van der Waals surface area contributed by atoms with E-state index in [1.54, 1.807) is 24.8 Å². The van der Waals surface area contributed by atoms with Crippen LogP contribution in [0.4, 0.5) is 11.4 Å². The highest BCUT2D eigenvalue weighted by atomic mass is 32.2. The average molecular weight is 476 g/mol. The van der Waals surface area contributed by atoms with E-state index in [0.29, 0.717) is 42.1 Å². The van der Waals surface area contributed by atoms with E-state index in [-0.39, 0.29) is 29.9 Å². The number of thioether (sulfide) groups is 1. The fourth-order valence-corrected chi connectivity index (χ4v) is 6.16. The van der Waals surface area contributed by atoms with E-state index in [1.165, 1.54) is 10.4 Å². The Kier molecular flexibility index (Phi) is 6.45. The molecule has 0 spiro atoms. The molecule has 2 aliphatic rings. The Bertz CT molecular complexity index is 1170. The van der Waals surface area contributed by atoms with Gasteiger partial charge in [0.25, 0.3) is 5.91 Å². The van der Waals surface area contributed by atoms with Crippen molar-refractivity contribution in [3.63, 3.8) is 0 Å². The molecular weight excluding hydrogens is 450 g/mol. The van der Waals surface area contributed by atoms with Crippen molar-refractivity contribution in [3.8, 4) is 5.75 Å². The van der Waals surface area contributed by atoms with E-state index in [2.05, 4.69) is 10.6 Å². The van der Waals surface area contributed by atoms with Gasteiger partial charge in [0.05, 0.1) is 16.5 Å². The van der Waals surface area contributed by atoms with E-state index < -0.39 is 15.9 Å². The highest BCUT2D eigenvalue weighted by Crippen LogP contribution is 2.35. The Balaban J connectivity index is 1.52. The number of nitrogens with zero attached hydrogens (tertiary/aromatic N) is 1. The van der Waals surface area contributed by atoms with Gasteiger partial charge in [0.2, 0.25) is 15.9 Å². The van der Waals surface area contributed by atoms with Gasteiger partial charge in [-0.2, -0.15) is 4.31 Å². The summed E-state index contributed by atoms with van der Waals surface area (Å²) >= 11 is 1.59. The molecule has 2 aliphatic heterocycles. The average Bonchev–Trinajstić information content (AvgIpc) is 2.78. The fourth-order valence-electron chi connectivity index (χ4n) is 3.95. The zero-order valence-electron chi connectivity index (χ0n) is 17.9. The van der Waals surface area contributed by atoms with Crippen LogP contribution >= 0.6 is 11.8 Å². The molecule has 2 aromatic carbocycles. The summed E-state index contributed by atoms with van der Waals surface area (Å²) in [6.45, 7) is 1.99. The van der Waals surface area contributed by atoms with Crippen LogP contribution < -0.4 is 15.4 Å². The standard InChI is InChI=1S/C22H25N3O5S2/c1-14-9-18-19(30-13-21(26)24-18)11-20(14)32(28,29)25-8-4-5-15(12-25)22(27)23-16-6-3-7-17(10-16)31-2/h3,6-7,9-11,15H,4-5,8,12-13H2,1-2H3,(H,23,27)(H,24,26). The van der Waals surface area contributed by atoms with Crippen molar-refractivity contribution in [2.45, 2.75) is 29.6 Å². The molecule has 1 fully saturated rings. The van der Waals surface area contributed by atoms with Crippen molar-refractivity contribution in [3.05, 3.63) is 42.0 Å². The van der Waals surface area contributed by atoms with Crippen molar-refractivity contribution >= 4 is 45.0 Å². The van der Waals surface area contributed by atoms with Crippen molar-refractivity contribution in [1.82, 2.24) is 4.31 Å². The maximum Gasteiger partial charge on any atom is 0.262 e. The van der Waals surface area contributed by atoms with Crippen LogP contribution in [0.15, 0.2) is 46.2 Å². The van der Waals surface area contributed by atoms with Gasteiger partial charge >= 0.3 is 0 Å². The van der Waals surface area contributed by atoms with E-state index >= 15 is 0 Å². The molecule has 10 heteroatoms. The van der Waals surface area contributed by atoms with E-state index in [9.17, 15) is 18.0 Å². The molecule has 1 unspecified atom stereocenters. The molecule has 170 valence electrons. The molecule has 1 atom stereocenters. The van der Waals surface area contributed by atoms with Gasteiger partial charge in [0.1, 0.15) is 5.75 Å². The first-order valence-corrected chi connectivity index (χ1v) is 13.0. The third-order valence-electron chi connectivity index (χ3n) is 5.62.